The lowest BCUT2D eigenvalue weighted by molar-refractivity contribution is 0.0913. The standard InChI is InChI=1S/C13H15N3O/c1-13(6-7-15-9-13)16-12(17)11-4-2-10(8-14)3-5-11/h2-5,15H,6-7,9H2,1H3,(H,16,17). The molecule has 0 aromatic heterocycles. The number of rotatable bonds is 2. The van der Waals surface area contributed by atoms with Gasteiger partial charge in [-0.15, -0.1) is 0 Å². The van der Waals surface area contributed by atoms with Crippen LogP contribution in [0.3, 0.4) is 0 Å². The highest BCUT2D eigenvalue weighted by molar-refractivity contribution is 5.94. The minimum absolute atomic E-state index is 0.0827. The smallest absolute Gasteiger partial charge is 0.251 e. The molecule has 1 aliphatic heterocycles. The molecule has 1 saturated heterocycles. The van der Waals surface area contributed by atoms with E-state index in [4.69, 9.17) is 5.26 Å². The minimum atomic E-state index is -0.162. The predicted octanol–water partition coefficient (Wildman–Crippen LogP) is 1.04. The van der Waals surface area contributed by atoms with E-state index < -0.39 is 0 Å². The van der Waals surface area contributed by atoms with Crippen molar-refractivity contribution in [3.05, 3.63) is 35.4 Å². The molecule has 0 spiro atoms. The van der Waals surface area contributed by atoms with Crippen molar-refractivity contribution < 1.29 is 4.79 Å². The van der Waals surface area contributed by atoms with Crippen LogP contribution in [-0.4, -0.2) is 24.5 Å². The SMILES string of the molecule is CC1(NC(=O)c2ccc(C#N)cc2)CCNC1. The van der Waals surface area contributed by atoms with Gasteiger partial charge in [-0.1, -0.05) is 0 Å². The maximum Gasteiger partial charge on any atom is 0.251 e. The van der Waals surface area contributed by atoms with E-state index in [-0.39, 0.29) is 11.4 Å². The molecule has 0 saturated carbocycles. The number of nitrogens with zero attached hydrogens (tertiary/aromatic N) is 1. The van der Waals surface area contributed by atoms with Gasteiger partial charge in [0.15, 0.2) is 0 Å². The number of hydrogen-bond acceptors (Lipinski definition) is 3. The van der Waals surface area contributed by atoms with E-state index in [1.54, 1.807) is 24.3 Å². The molecule has 2 N–H and O–H groups in total. The topological polar surface area (TPSA) is 64.9 Å². The Morgan fingerprint density at radius 1 is 1.47 bits per heavy atom. The summed E-state index contributed by atoms with van der Waals surface area (Å²) in [6.07, 6.45) is 0.940. The van der Waals surface area contributed by atoms with Crippen LogP contribution in [0.4, 0.5) is 0 Å². The summed E-state index contributed by atoms with van der Waals surface area (Å²) in [7, 11) is 0. The summed E-state index contributed by atoms with van der Waals surface area (Å²) in [5.41, 5.74) is 0.998. The molecule has 1 unspecified atom stereocenters. The molecular formula is C13H15N3O. The van der Waals surface area contributed by atoms with Crippen molar-refractivity contribution in [1.29, 1.82) is 5.26 Å². The number of carbonyl (C=O) groups is 1. The van der Waals surface area contributed by atoms with Crippen molar-refractivity contribution in [3.63, 3.8) is 0 Å². The Hall–Kier alpha value is -1.86. The molecule has 4 heteroatoms. The van der Waals surface area contributed by atoms with Crippen LogP contribution in [0.1, 0.15) is 29.3 Å². The molecule has 1 aromatic carbocycles. The van der Waals surface area contributed by atoms with Crippen molar-refractivity contribution in [2.24, 2.45) is 0 Å². The van der Waals surface area contributed by atoms with Crippen molar-refractivity contribution in [1.82, 2.24) is 10.6 Å². The molecule has 88 valence electrons. The Bertz CT molecular complexity index is 453. The van der Waals surface area contributed by atoms with Crippen LogP contribution in [0.25, 0.3) is 0 Å². The molecule has 1 atom stereocenters. The number of nitrogens with one attached hydrogen (secondary N) is 2. The van der Waals surface area contributed by atoms with Gasteiger partial charge in [-0.3, -0.25) is 4.79 Å². The third kappa shape index (κ3) is 2.63. The second-order valence-corrected chi connectivity index (χ2v) is 4.63. The van der Waals surface area contributed by atoms with Gasteiger partial charge in [0.25, 0.3) is 5.91 Å². The van der Waals surface area contributed by atoms with Gasteiger partial charge in [0, 0.05) is 12.1 Å². The lowest BCUT2D eigenvalue weighted by Crippen LogP contribution is -2.47. The Morgan fingerprint density at radius 3 is 2.71 bits per heavy atom. The van der Waals surface area contributed by atoms with E-state index >= 15 is 0 Å². The number of benzene rings is 1. The van der Waals surface area contributed by atoms with Gasteiger partial charge in [-0.25, -0.2) is 0 Å². The molecule has 1 amide bonds. The second kappa shape index (κ2) is 4.56. The van der Waals surface area contributed by atoms with Crippen molar-refractivity contribution in [2.45, 2.75) is 18.9 Å². The molecule has 0 aliphatic carbocycles. The molecule has 2 rings (SSSR count). The van der Waals surface area contributed by atoms with Gasteiger partial charge in [-0.2, -0.15) is 5.26 Å². The zero-order valence-corrected chi connectivity index (χ0v) is 9.79. The minimum Gasteiger partial charge on any atom is -0.346 e. The molecule has 0 radical (unpaired) electrons. The first-order valence-electron chi connectivity index (χ1n) is 5.66. The molecule has 1 aliphatic rings. The zero-order chi connectivity index (χ0) is 12.3. The molecule has 17 heavy (non-hydrogen) atoms. The molecule has 4 nitrogen and oxygen atoms in total. The summed E-state index contributed by atoms with van der Waals surface area (Å²) in [5.74, 6) is -0.0827. The maximum absolute atomic E-state index is 12.0. The monoisotopic (exact) mass is 229 g/mol. The van der Waals surface area contributed by atoms with E-state index in [2.05, 4.69) is 10.6 Å². The highest BCUT2D eigenvalue weighted by Crippen LogP contribution is 2.14. The zero-order valence-electron chi connectivity index (χ0n) is 9.79. The Labute approximate surface area is 101 Å². The Balaban J connectivity index is 2.07. The first kappa shape index (κ1) is 11.6. The molecule has 1 aromatic rings. The van der Waals surface area contributed by atoms with E-state index in [1.165, 1.54) is 0 Å². The van der Waals surface area contributed by atoms with Gasteiger partial charge >= 0.3 is 0 Å². The molecular weight excluding hydrogens is 214 g/mol. The molecule has 1 heterocycles. The van der Waals surface area contributed by atoms with E-state index in [9.17, 15) is 4.79 Å². The lowest BCUT2D eigenvalue weighted by Gasteiger charge is -2.24. The quantitative estimate of drug-likeness (QED) is 0.796. The van der Waals surface area contributed by atoms with Crippen molar-refractivity contribution in [2.75, 3.05) is 13.1 Å². The number of carbonyl (C=O) groups excluding carboxylic acids is 1. The maximum atomic E-state index is 12.0. The fourth-order valence-electron chi connectivity index (χ4n) is 1.97. The van der Waals surface area contributed by atoms with Gasteiger partial charge in [0.2, 0.25) is 0 Å². The van der Waals surface area contributed by atoms with Crippen LogP contribution in [0.15, 0.2) is 24.3 Å². The van der Waals surface area contributed by atoms with Crippen molar-refractivity contribution >= 4 is 5.91 Å². The number of hydrogen-bond donors (Lipinski definition) is 2. The van der Waals surface area contributed by atoms with E-state index in [0.29, 0.717) is 11.1 Å². The lowest BCUT2D eigenvalue weighted by atomic mass is 10.0. The summed E-state index contributed by atoms with van der Waals surface area (Å²) in [4.78, 5) is 12.0. The van der Waals surface area contributed by atoms with Gasteiger partial charge in [0.05, 0.1) is 17.2 Å². The fraction of sp³-hybridized carbons (Fsp3) is 0.385. The highest BCUT2D eigenvalue weighted by atomic mass is 16.1. The average Bonchev–Trinajstić information content (AvgIpc) is 2.76. The first-order chi connectivity index (χ1) is 8.13. The Kier molecular flexibility index (Phi) is 3.12. The Morgan fingerprint density at radius 2 is 2.18 bits per heavy atom. The van der Waals surface area contributed by atoms with Crippen LogP contribution >= 0.6 is 0 Å². The summed E-state index contributed by atoms with van der Waals surface area (Å²) in [5, 5.41) is 14.9. The van der Waals surface area contributed by atoms with E-state index in [0.717, 1.165) is 19.5 Å². The second-order valence-electron chi connectivity index (χ2n) is 4.63. The van der Waals surface area contributed by atoms with E-state index in [1.807, 2.05) is 13.0 Å². The van der Waals surface area contributed by atoms with Crippen LogP contribution in [-0.2, 0) is 0 Å². The molecule has 1 fully saturated rings. The van der Waals surface area contributed by atoms with Crippen LogP contribution in [0.2, 0.25) is 0 Å². The van der Waals surface area contributed by atoms with Gasteiger partial charge < -0.3 is 10.6 Å². The summed E-state index contributed by atoms with van der Waals surface area (Å²) in [6.45, 7) is 3.77. The number of nitriles is 1. The highest BCUT2D eigenvalue weighted by Gasteiger charge is 2.30. The fourth-order valence-corrected chi connectivity index (χ4v) is 1.97. The molecule has 0 bridgehead atoms. The average molecular weight is 229 g/mol. The third-order valence-electron chi connectivity index (χ3n) is 3.06. The first-order valence-corrected chi connectivity index (χ1v) is 5.66. The van der Waals surface area contributed by atoms with Gasteiger partial charge in [0.1, 0.15) is 0 Å². The summed E-state index contributed by atoms with van der Waals surface area (Å²) < 4.78 is 0. The predicted molar refractivity (Wildman–Crippen MR) is 64.5 cm³/mol. The van der Waals surface area contributed by atoms with Crippen LogP contribution in [0, 0.1) is 11.3 Å². The largest absolute Gasteiger partial charge is 0.346 e. The summed E-state index contributed by atoms with van der Waals surface area (Å²) in [6, 6.07) is 8.71. The normalized spacial score (nSPS) is 23.1. The van der Waals surface area contributed by atoms with Crippen LogP contribution < -0.4 is 10.6 Å². The third-order valence-corrected chi connectivity index (χ3v) is 3.06. The van der Waals surface area contributed by atoms with Crippen LogP contribution in [0.5, 0.6) is 0 Å². The summed E-state index contributed by atoms with van der Waals surface area (Å²) >= 11 is 0. The van der Waals surface area contributed by atoms with Crippen molar-refractivity contribution in [3.8, 4) is 6.07 Å². The number of amides is 1. The van der Waals surface area contributed by atoms with Gasteiger partial charge in [-0.05, 0) is 44.2 Å².